The van der Waals surface area contributed by atoms with Crippen molar-refractivity contribution in [2.75, 3.05) is 49.1 Å². The summed E-state index contributed by atoms with van der Waals surface area (Å²) in [6.07, 6.45) is 5.24. The monoisotopic (exact) mass is 603 g/mol. The summed E-state index contributed by atoms with van der Waals surface area (Å²) < 4.78 is 5.52. The molecule has 1 aliphatic carbocycles. The lowest BCUT2D eigenvalue weighted by Crippen LogP contribution is -2.47. The summed E-state index contributed by atoms with van der Waals surface area (Å²) in [6, 6.07) is 15.0. The Morgan fingerprint density at radius 3 is 2.47 bits per heavy atom. The number of hydrogen-bond donors (Lipinski definition) is 1. The Morgan fingerprint density at radius 1 is 1.12 bits per heavy atom. The molecule has 1 amide bonds. The molecule has 2 aliphatic rings. The second kappa shape index (κ2) is 13.9. The first kappa shape index (κ1) is 31.0. The number of piperazine rings is 1. The van der Waals surface area contributed by atoms with Gasteiger partial charge in [-0.15, -0.1) is 11.3 Å². The SMILES string of the molecule is Cc1ncsc1-c1ccc(CNC(=O)OC(C)(C)C)c(N(CCCN2CCN(c3ccc(C=O)cc3)CC2)C2CCC2)c1. The number of carbonyl (C=O) groups is 2. The number of nitrogens with zero attached hydrogens (tertiary/aromatic N) is 4. The van der Waals surface area contributed by atoms with E-state index in [4.69, 9.17) is 4.74 Å². The largest absolute Gasteiger partial charge is 0.444 e. The first-order valence-corrected chi connectivity index (χ1v) is 16.4. The predicted molar refractivity (Wildman–Crippen MR) is 175 cm³/mol. The van der Waals surface area contributed by atoms with Crippen molar-refractivity contribution in [2.24, 2.45) is 0 Å². The number of hydrogen-bond acceptors (Lipinski definition) is 8. The van der Waals surface area contributed by atoms with Crippen LogP contribution in [0.3, 0.4) is 0 Å². The number of nitrogens with one attached hydrogen (secondary N) is 1. The number of ether oxygens (including phenoxy) is 1. The van der Waals surface area contributed by atoms with E-state index in [1.54, 1.807) is 11.3 Å². The van der Waals surface area contributed by atoms with Crippen molar-refractivity contribution >= 4 is 35.1 Å². The third-order valence-electron chi connectivity index (χ3n) is 8.38. The highest BCUT2D eigenvalue weighted by Gasteiger charge is 2.28. The molecule has 1 aromatic heterocycles. The van der Waals surface area contributed by atoms with Crippen molar-refractivity contribution in [3.8, 4) is 10.4 Å². The number of aldehydes is 1. The number of thiazole rings is 1. The summed E-state index contributed by atoms with van der Waals surface area (Å²) in [5.74, 6) is 0. The van der Waals surface area contributed by atoms with Crippen LogP contribution < -0.4 is 15.1 Å². The van der Waals surface area contributed by atoms with E-state index in [9.17, 15) is 9.59 Å². The summed E-state index contributed by atoms with van der Waals surface area (Å²) in [7, 11) is 0. The van der Waals surface area contributed by atoms with Gasteiger partial charge in [-0.1, -0.05) is 12.1 Å². The molecule has 0 bridgehead atoms. The molecule has 43 heavy (non-hydrogen) atoms. The molecule has 8 nitrogen and oxygen atoms in total. The number of carbonyl (C=O) groups excluding carboxylic acids is 2. The highest BCUT2D eigenvalue weighted by atomic mass is 32.1. The van der Waals surface area contributed by atoms with Gasteiger partial charge in [0.25, 0.3) is 0 Å². The molecule has 1 saturated carbocycles. The Kier molecular flexibility index (Phi) is 10.0. The lowest BCUT2D eigenvalue weighted by atomic mass is 9.90. The molecule has 0 atom stereocenters. The van der Waals surface area contributed by atoms with Gasteiger partial charge < -0.3 is 19.9 Å². The van der Waals surface area contributed by atoms with Crippen molar-refractivity contribution in [1.29, 1.82) is 0 Å². The Balaban J connectivity index is 1.26. The molecule has 1 aliphatic heterocycles. The fraction of sp³-hybridized carbons (Fsp3) is 0.500. The normalized spacial score (nSPS) is 16.0. The molecule has 2 fully saturated rings. The zero-order chi connectivity index (χ0) is 30.4. The minimum absolute atomic E-state index is 0.394. The van der Waals surface area contributed by atoms with E-state index < -0.39 is 11.7 Å². The Bertz CT molecular complexity index is 1370. The lowest BCUT2D eigenvalue weighted by molar-refractivity contribution is 0.0523. The molecular weight excluding hydrogens is 558 g/mol. The molecule has 0 radical (unpaired) electrons. The molecular formula is C34H45N5O3S. The Hall–Kier alpha value is -3.43. The predicted octanol–water partition coefficient (Wildman–Crippen LogP) is 6.53. The molecule has 0 unspecified atom stereocenters. The molecule has 5 rings (SSSR count). The van der Waals surface area contributed by atoms with E-state index in [2.05, 4.69) is 50.1 Å². The van der Waals surface area contributed by atoms with Gasteiger partial charge >= 0.3 is 6.09 Å². The standard InChI is InChI=1S/C34H45N5O3S/c1-25-32(43-24-36-25)27-11-12-28(22-35-33(41)42-34(2,3)4)31(21-27)39(30-7-5-8-30)16-6-15-37-17-19-38(20-18-37)29-13-9-26(23-40)10-14-29/h9-14,21,23-24,30H,5-8,15-20,22H2,1-4H3,(H,35,41). The van der Waals surface area contributed by atoms with Crippen LogP contribution >= 0.6 is 11.3 Å². The van der Waals surface area contributed by atoms with Crippen LogP contribution in [-0.2, 0) is 11.3 Å². The van der Waals surface area contributed by atoms with Crippen LogP contribution in [0.1, 0.15) is 68.1 Å². The Morgan fingerprint density at radius 2 is 1.86 bits per heavy atom. The molecule has 3 aromatic rings. The number of benzene rings is 2. The topological polar surface area (TPSA) is 78.0 Å². The molecule has 230 valence electrons. The van der Waals surface area contributed by atoms with Gasteiger partial charge in [-0.05, 0) is 101 Å². The molecule has 1 saturated heterocycles. The van der Waals surface area contributed by atoms with E-state index in [0.29, 0.717) is 12.6 Å². The van der Waals surface area contributed by atoms with Crippen LogP contribution in [-0.4, -0.2) is 73.2 Å². The Labute approximate surface area is 260 Å². The zero-order valence-corrected chi connectivity index (χ0v) is 26.8. The number of alkyl carbamates (subject to hydrolysis) is 1. The third kappa shape index (κ3) is 8.15. The minimum atomic E-state index is -0.537. The maximum atomic E-state index is 12.5. The van der Waals surface area contributed by atoms with Crippen LogP contribution in [0.15, 0.2) is 48.0 Å². The van der Waals surface area contributed by atoms with Crippen molar-refractivity contribution in [2.45, 2.75) is 71.6 Å². The fourth-order valence-corrected chi connectivity index (χ4v) is 6.64. The summed E-state index contributed by atoms with van der Waals surface area (Å²) in [6.45, 7) is 14.2. The van der Waals surface area contributed by atoms with Gasteiger partial charge in [0, 0.05) is 62.2 Å². The maximum Gasteiger partial charge on any atom is 0.407 e. The first-order valence-electron chi connectivity index (χ1n) is 15.5. The van der Waals surface area contributed by atoms with Gasteiger partial charge in [-0.3, -0.25) is 9.69 Å². The number of aromatic nitrogens is 1. The van der Waals surface area contributed by atoms with Gasteiger partial charge in [-0.25, -0.2) is 9.78 Å². The van der Waals surface area contributed by atoms with Gasteiger partial charge in [-0.2, -0.15) is 0 Å². The minimum Gasteiger partial charge on any atom is -0.444 e. The van der Waals surface area contributed by atoms with Crippen LogP contribution in [0.4, 0.5) is 16.2 Å². The summed E-state index contributed by atoms with van der Waals surface area (Å²) in [5.41, 5.74) is 7.81. The third-order valence-corrected chi connectivity index (χ3v) is 9.36. The zero-order valence-electron chi connectivity index (χ0n) is 26.0. The van der Waals surface area contributed by atoms with Gasteiger partial charge in [0.05, 0.1) is 16.1 Å². The van der Waals surface area contributed by atoms with Crippen molar-refractivity contribution in [3.05, 3.63) is 64.8 Å². The maximum absolute atomic E-state index is 12.5. The van der Waals surface area contributed by atoms with Crippen LogP contribution in [0.2, 0.25) is 0 Å². The van der Waals surface area contributed by atoms with E-state index in [-0.39, 0.29) is 0 Å². The van der Waals surface area contributed by atoms with Crippen LogP contribution in [0.25, 0.3) is 10.4 Å². The summed E-state index contributed by atoms with van der Waals surface area (Å²) >= 11 is 1.67. The van der Waals surface area contributed by atoms with Gasteiger partial charge in [0.1, 0.15) is 11.9 Å². The first-order chi connectivity index (χ1) is 20.7. The van der Waals surface area contributed by atoms with Gasteiger partial charge in [0.15, 0.2) is 0 Å². The lowest BCUT2D eigenvalue weighted by Gasteiger charge is -2.41. The molecule has 1 N–H and O–H groups in total. The molecule has 9 heteroatoms. The van der Waals surface area contributed by atoms with Gasteiger partial charge in [0.2, 0.25) is 0 Å². The van der Waals surface area contributed by atoms with E-state index in [1.165, 1.54) is 41.1 Å². The van der Waals surface area contributed by atoms with Crippen LogP contribution in [0.5, 0.6) is 0 Å². The fourth-order valence-electron chi connectivity index (χ4n) is 5.84. The number of aryl methyl sites for hydroxylation is 1. The molecule has 2 aromatic carbocycles. The van der Waals surface area contributed by atoms with Crippen molar-refractivity contribution in [1.82, 2.24) is 15.2 Å². The summed E-state index contributed by atoms with van der Waals surface area (Å²) in [5, 5.41) is 3.00. The van der Waals surface area contributed by atoms with Crippen molar-refractivity contribution in [3.63, 3.8) is 0 Å². The highest BCUT2D eigenvalue weighted by molar-refractivity contribution is 7.13. The van der Waals surface area contributed by atoms with Crippen molar-refractivity contribution < 1.29 is 14.3 Å². The second-order valence-corrected chi connectivity index (χ2v) is 13.5. The molecule has 0 spiro atoms. The quantitative estimate of drug-likeness (QED) is 0.250. The molecule has 2 heterocycles. The average Bonchev–Trinajstić information content (AvgIpc) is 3.40. The number of amides is 1. The second-order valence-electron chi connectivity index (χ2n) is 12.6. The van der Waals surface area contributed by atoms with Crippen LogP contribution in [0, 0.1) is 6.92 Å². The summed E-state index contributed by atoms with van der Waals surface area (Å²) in [4.78, 5) is 36.8. The number of rotatable bonds is 11. The number of anilines is 2. The van der Waals surface area contributed by atoms with E-state index in [1.807, 2.05) is 50.5 Å². The smallest absolute Gasteiger partial charge is 0.407 e. The highest BCUT2D eigenvalue weighted by Crippen LogP contribution is 2.36. The average molecular weight is 604 g/mol. The van der Waals surface area contributed by atoms with E-state index >= 15 is 0 Å². The van der Waals surface area contributed by atoms with E-state index in [0.717, 1.165) is 68.8 Å².